The Hall–Kier alpha value is -1.60. The van der Waals surface area contributed by atoms with Crippen LogP contribution in [-0.4, -0.2) is 31.4 Å². The maximum absolute atomic E-state index is 12.2. The number of piperidine rings is 1. The summed E-state index contributed by atoms with van der Waals surface area (Å²) in [5.41, 5.74) is 2.30. The molecule has 0 radical (unpaired) electrons. The molecule has 0 bridgehead atoms. The van der Waals surface area contributed by atoms with Gasteiger partial charge in [0, 0.05) is 14.9 Å². The number of urea groups is 1. The highest BCUT2D eigenvalue weighted by Crippen LogP contribution is 2.22. The highest BCUT2D eigenvalue weighted by Gasteiger charge is 2.29. The normalized spacial score (nSPS) is 22.9. The Kier molecular flexibility index (Phi) is 4.84. The van der Waals surface area contributed by atoms with Crippen LogP contribution in [0, 0.1) is 0 Å². The van der Waals surface area contributed by atoms with E-state index in [-0.39, 0.29) is 19.8 Å². The fraction of sp³-hybridized carbons (Fsp3) is 0.500. The van der Waals surface area contributed by atoms with Gasteiger partial charge >= 0.3 is 6.03 Å². The summed E-state index contributed by atoms with van der Waals surface area (Å²) < 4.78 is 24.1. The second kappa shape index (κ2) is 6.44. The number of rotatable bonds is 3. The van der Waals surface area contributed by atoms with Gasteiger partial charge in [0.2, 0.25) is 0 Å². The highest BCUT2D eigenvalue weighted by atomic mass is 32.2. The third-order valence-corrected chi connectivity index (χ3v) is 5.04. The van der Waals surface area contributed by atoms with Crippen molar-refractivity contribution in [2.75, 3.05) is 0 Å². The predicted molar refractivity (Wildman–Crippen MR) is 84.1 cm³/mol. The Balaban J connectivity index is 0.00000242. The van der Waals surface area contributed by atoms with E-state index in [1.54, 1.807) is 23.1 Å². The van der Waals surface area contributed by atoms with Gasteiger partial charge in [-0.1, -0.05) is 18.2 Å². The molecule has 21 heavy (non-hydrogen) atoms. The summed E-state index contributed by atoms with van der Waals surface area (Å²) in [5.74, 6) is 0. The smallest absolute Gasteiger partial charge is 0.318 e. The van der Waals surface area contributed by atoms with Gasteiger partial charge < -0.3 is 4.90 Å². The summed E-state index contributed by atoms with van der Waals surface area (Å²) >= 11 is 0. The number of likely N-dealkylation sites (tertiary alicyclic amines) is 1. The SMILES string of the molecule is CC1CCCC(C)N1C(=O)NNS(=O)(=O)c1ccccc1.[HH].[HH]. The van der Waals surface area contributed by atoms with Crippen LogP contribution in [0.2, 0.25) is 0 Å². The molecule has 7 heteroatoms. The van der Waals surface area contributed by atoms with Crippen molar-refractivity contribution in [2.24, 2.45) is 0 Å². The molecule has 0 aliphatic carbocycles. The maximum atomic E-state index is 12.2. The molecule has 1 saturated heterocycles. The molecule has 1 heterocycles. The maximum Gasteiger partial charge on any atom is 0.333 e. The highest BCUT2D eigenvalue weighted by molar-refractivity contribution is 7.89. The first-order valence-electron chi connectivity index (χ1n) is 7.07. The number of carbonyl (C=O) groups excluding carboxylic acids is 1. The van der Waals surface area contributed by atoms with Gasteiger partial charge in [0.1, 0.15) is 0 Å². The van der Waals surface area contributed by atoms with Crippen molar-refractivity contribution in [1.82, 2.24) is 15.2 Å². The minimum Gasteiger partial charge on any atom is -0.318 e. The van der Waals surface area contributed by atoms with E-state index in [9.17, 15) is 13.2 Å². The lowest BCUT2D eigenvalue weighted by Gasteiger charge is -2.38. The van der Waals surface area contributed by atoms with Gasteiger partial charge in [0.25, 0.3) is 10.0 Å². The van der Waals surface area contributed by atoms with Crippen molar-refractivity contribution in [2.45, 2.75) is 50.1 Å². The summed E-state index contributed by atoms with van der Waals surface area (Å²) in [7, 11) is -3.74. The molecule has 2 unspecified atom stereocenters. The summed E-state index contributed by atoms with van der Waals surface area (Å²) in [6.45, 7) is 3.95. The summed E-state index contributed by atoms with van der Waals surface area (Å²) in [4.78, 5) is 16.1. The average Bonchev–Trinajstić information content (AvgIpc) is 2.46. The second-order valence-electron chi connectivity index (χ2n) is 5.38. The standard InChI is InChI=1S/C14H21N3O3S.2H2/c1-11-7-6-8-12(2)17(11)14(18)15-16-21(19,20)13-9-4-3-5-10-13;;/h3-5,9-12,16H,6-8H2,1-2H3,(H,15,18);2*1H. The zero-order chi connectivity index (χ0) is 15.5. The van der Waals surface area contributed by atoms with Crippen LogP contribution in [0.5, 0.6) is 0 Å². The van der Waals surface area contributed by atoms with Gasteiger partial charge in [0.15, 0.2) is 0 Å². The van der Waals surface area contributed by atoms with Gasteiger partial charge in [-0.05, 0) is 45.2 Å². The molecule has 2 N–H and O–H groups in total. The molecule has 1 aromatic rings. The van der Waals surface area contributed by atoms with Crippen LogP contribution in [0.15, 0.2) is 35.2 Å². The molecular formula is C14H25N3O3S. The molecule has 1 aliphatic rings. The van der Waals surface area contributed by atoms with Crippen LogP contribution in [-0.2, 0) is 10.0 Å². The van der Waals surface area contributed by atoms with Crippen LogP contribution in [0.3, 0.4) is 0 Å². The van der Waals surface area contributed by atoms with Crippen LogP contribution < -0.4 is 10.3 Å². The quantitative estimate of drug-likeness (QED) is 0.840. The van der Waals surface area contributed by atoms with Gasteiger partial charge in [-0.2, -0.15) is 0 Å². The topological polar surface area (TPSA) is 78.5 Å². The zero-order valence-corrected chi connectivity index (χ0v) is 13.1. The first kappa shape index (κ1) is 15.8. The summed E-state index contributed by atoms with van der Waals surface area (Å²) in [6.07, 6.45) is 2.95. The number of hydrogen-bond acceptors (Lipinski definition) is 3. The third kappa shape index (κ3) is 3.74. The molecule has 2 rings (SSSR count). The third-order valence-electron chi connectivity index (χ3n) is 3.77. The minimum absolute atomic E-state index is 0. The molecule has 0 saturated carbocycles. The summed E-state index contributed by atoms with van der Waals surface area (Å²) in [6, 6.07) is 7.74. The van der Waals surface area contributed by atoms with Gasteiger partial charge in [-0.3, -0.25) is 5.43 Å². The van der Waals surface area contributed by atoms with Crippen LogP contribution in [0.4, 0.5) is 4.79 Å². The largest absolute Gasteiger partial charge is 0.333 e. The Bertz CT molecular complexity index is 589. The fourth-order valence-electron chi connectivity index (χ4n) is 2.66. The van der Waals surface area contributed by atoms with Crippen molar-refractivity contribution >= 4 is 16.1 Å². The lowest BCUT2D eigenvalue weighted by Crippen LogP contribution is -2.55. The van der Waals surface area contributed by atoms with Crippen LogP contribution in [0.1, 0.15) is 36.0 Å². The Morgan fingerprint density at radius 3 is 2.33 bits per heavy atom. The van der Waals surface area contributed by atoms with Gasteiger partial charge in [0.05, 0.1) is 4.90 Å². The van der Waals surface area contributed by atoms with Gasteiger partial charge in [-0.25, -0.2) is 13.2 Å². The van der Waals surface area contributed by atoms with E-state index in [1.165, 1.54) is 12.1 Å². The zero-order valence-electron chi connectivity index (χ0n) is 12.2. The van der Waals surface area contributed by atoms with Crippen molar-refractivity contribution in [1.29, 1.82) is 0 Å². The summed E-state index contributed by atoms with van der Waals surface area (Å²) in [5, 5.41) is 0. The molecule has 1 fully saturated rings. The molecule has 2 atom stereocenters. The van der Waals surface area contributed by atoms with Crippen LogP contribution in [0.25, 0.3) is 0 Å². The van der Waals surface area contributed by atoms with E-state index in [0.717, 1.165) is 19.3 Å². The van der Waals surface area contributed by atoms with E-state index < -0.39 is 16.1 Å². The van der Waals surface area contributed by atoms with E-state index in [1.807, 2.05) is 13.8 Å². The molecule has 1 aromatic carbocycles. The molecule has 2 amide bonds. The molecule has 0 aromatic heterocycles. The number of hydrogen-bond donors (Lipinski definition) is 2. The first-order valence-corrected chi connectivity index (χ1v) is 8.55. The molecule has 1 aliphatic heterocycles. The predicted octanol–water partition coefficient (Wildman–Crippen LogP) is 2.34. The van der Waals surface area contributed by atoms with Crippen molar-refractivity contribution in [3.63, 3.8) is 0 Å². The molecule has 6 nitrogen and oxygen atoms in total. The van der Waals surface area contributed by atoms with Crippen molar-refractivity contribution in [3.05, 3.63) is 30.3 Å². The fourth-order valence-corrected chi connectivity index (χ4v) is 3.51. The Labute approximate surface area is 128 Å². The number of hydrazine groups is 1. The lowest BCUT2D eigenvalue weighted by atomic mass is 9.98. The monoisotopic (exact) mass is 315 g/mol. The van der Waals surface area contributed by atoms with Crippen molar-refractivity contribution in [3.8, 4) is 0 Å². The van der Waals surface area contributed by atoms with Gasteiger partial charge in [-0.15, -0.1) is 4.83 Å². The van der Waals surface area contributed by atoms with E-state index in [4.69, 9.17) is 0 Å². The molecule has 0 spiro atoms. The first-order chi connectivity index (χ1) is 9.92. The number of benzene rings is 1. The number of amides is 2. The Morgan fingerprint density at radius 1 is 1.19 bits per heavy atom. The number of sulfonamides is 1. The molecular weight excluding hydrogens is 290 g/mol. The van der Waals surface area contributed by atoms with E-state index in [2.05, 4.69) is 10.3 Å². The Morgan fingerprint density at radius 2 is 1.76 bits per heavy atom. The van der Waals surface area contributed by atoms with E-state index in [0.29, 0.717) is 0 Å². The molecule has 120 valence electrons. The lowest BCUT2D eigenvalue weighted by molar-refractivity contribution is 0.122. The number of nitrogens with zero attached hydrogens (tertiary/aromatic N) is 1. The minimum atomic E-state index is -3.74. The number of nitrogens with one attached hydrogen (secondary N) is 2. The van der Waals surface area contributed by atoms with Crippen molar-refractivity contribution < 1.29 is 16.1 Å². The van der Waals surface area contributed by atoms with Crippen LogP contribution >= 0.6 is 0 Å². The second-order valence-corrected chi connectivity index (χ2v) is 7.07. The van der Waals surface area contributed by atoms with E-state index >= 15 is 0 Å². The number of carbonyl (C=O) groups is 1. The average molecular weight is 315 g/mol.